The molecule has 0 radical (unpaired) electrons. The first kappa shape index (κ1) is 28.3. The van der Waals surface area contributed by atoms with Gasteiger partial charge in [-0.05, 0) is 73.6 Å². The van der Waals surface area contributed by atoms with Gasteiger partial charge in [-0.1, -0.05) is 44.4 Å². The number of esters is 2. The minimum atomic E-state index is -0.446. The number of carbonyl (C=O) groups excluding carboxylic acids is 2. The maximum atomic E-state index is 12.6. The molecule has 0 bridgehead atoms. The Morgan fingerprint density at radius 3 is 2.35 bits per heavy atom. The van der Waals surface area contributed by atoms with Crippen LogP contribution in [0.25, 0.3) is 6.08 Å². The minimum Gasteiger partial charge on any atom is -0.462 e. The van der Waals surface area contributed by atoms with E-state index >= 15 is 0 Å². The fraction of sp³-hybridized carbons (Fsp3) is 0.467. The molecule has 1 aliphatic rings. The van der Waals surface area contributed by atoms with E-state index in [-0.39, 0.29) is 24.8 Å². The zero-order valence-corrected chi connectivity index (χ0v) is 21.8. The van der Waals surface area contributed by atoms with Gasteiger partial charge >= 0.3 is 11.9 Å². The third kappa shape index (κ3) is 9.92. The Morgan fingerprint density at radius 1 is 0.919 bits per heavy atom. The van der Waals surface area contributed by atoms with E-state index in [4.69, 9.17) is 25.7 Å². The summed E-state index contributed by atoms with van der Waals surface area (Å²) in [5, 5.41) is 0. The second kappa shape index (κ2) is 15.1. The summed E-state index contributed by atoms with van der Waals surface area (Å²) in [7, 11) is 0. The zero-order valence-electron chi connectivity index (χ0n) is 21.8. The fourth-order valence-corrected chi connectivity index (χ4v) is 4.36. The summed E-state index contributed by atoms with van der Waals surface area (Å²) in [5.74, 6) is -0.765. The average molecular weight is 509 g/mol. The summed E-state index contributed by atoms with van der Waals surface area (Å²) in [5.41, 5.74) is 15.0. The van der Waals surface area contributed by atoms with Crippen molar-refractivity contribution in [3.8, 4) is 0 Å². The van der Waals surface area contributed by atoms with Crippen LogP contribution < -0.4 is 11.5 Å². The molecule has 0 spiro atoms. The van der Waals surface area contributed by atoms with Gasteiger partial charge in [0.1, 0.15) is 6.10 Å². The third-order valence-electron chi connectivity index (χ3n) is 6.59. The molecular formula is C30H40N2O5. The summed E-state index contributed by atoms with van der Waals surface area (Å²) < 4.78 is 16.9. The van der Waals surface area contributed by atoms with E-state index in [0.29, 0.717) is 23.4 Å². The van der Waals surface area contributed by atoms with Crippen LogP contribution >= 0.6 is 0 Å². The van der Waals surface area contributed by atoms with Gasteiger partial charge in [-0.2, -0.15) is 0 Å². The first-order valence-electron chi connectivity index (χ1n) is 13.4. The molecule has 0 unspecified atom stereocenters. The van der Waals surface area contributed by atoms with Crippen LogP contribution in [0.3, 0.4) is 0 Å². The number of anilines is 2. The fourth-order valence-electron chi connectivity index (χ4n) is 4.36. The highest BCUT2D eigenvalue weighted by atomic mass is 16.5. The Labute approximate surface area is 220 Å². The average Bonchev–Trinajstić information content (AvgIpc) is 2.90. The molecule has 0 atom stereocenters. The molecule has 1 fully saturated rings. The largest absolute Gasteiger partial charge is 0.462 e. The van der Waals surface area contributed by atoms with Crippen molar-refractivity contribution in [3.63, 3.8) is 0 Å². The van der Waals surface area contributed by atoms with Crippen LogP contribution in [0.4, 0.5) is 11.4 Å². The summed E-state index contributed by atoms with van der Waals surface area (Å²) in [6.45, 7) is 3.25. The van der Waals surface area contributed by atoms with Crippen LogP contribution in [0.1, 0.15) is 79.8 Å². The van der Waals surface area contributed by atoms with Crippen molar-refractivity contribution in [2.45, 2.75) is 76.9 Å². The normalized spacial score (nSPS) is 17.5. The van der Waals surface area contributed by atoms with Gasteiger partial charge in [-0.3, -0.25) is 0 Å². The third-order valence-corrected chi connectivity index (χ3v) is 6.59. The van der Waals surface area contributed by atoms with Gasteiger partial charge in [0, 0.05) is 30.5 Å². The molecule has 2 aromatic rings. The first-order chi connectivity index (χ1) is 17.9. The van der Waals surface area contributed by atoms with Gasteiger partial charge in [0.05, 0.1) is 18.3 Å². The van der Waals surface area contributed by atoms with Gasteiger partial charge in [-0.25, -0.2) is 9.59 Å². The van der Waals surface area contributed by atoms with Crippen molar-refractivity contribution in [1.82, 2.24) is 0 Å². The van der Waals surface area contributed by atoms with Crippen molar-refractivity contribution in [2.24, 2.45) is 0 Å². The molecule has 3 rings (SSSR count). The lowest BCUT2D eigenvalue weighted by Gasteiger charge is -2.28. The van der Waals surface area contributed by atoms with E-state index < -0.39 is 5.97 Å². The van der Waals surface area contributed by atoms with Crippen molar-refractivity contribution >= 4 is 29.4 Å². The van der Waals surface area contributed by atoms with Crippen LogP contribution in [0.15, 0.2) is 48.5 Å². The molecule has 1 aliphatic carbocycles. The number of unbranched alkanes of at least 4 members (excludes halogenated alkanes) is 3. The molecule has 0 amide bonds. The monoisotopic (exact) mass is 508 g/mol. The van der Waals surface area contributed by atoms with E-state index in [0.717, 1.165) is 49.8 Å². The molecule has 7 heteroatoms. The topological polar surface area (TPSA) is 114 Å². The highest BCUT2D eigenvalue weighted by Gasteiger charge is 2.24. The summed E-state index contributed by atoms with van der Waals surface area (Å²) >= 11 is 0. The molecule has 2 aromatic carbocycles. The lowest BCUT2D eigenvalue weighted by molar-refractivity contribution is -0.137. The predicted octanol–water partition coefficient (Wildman–Crippen LogP) is 5.72. The van der Waals surface area contributed by atoms with Crippen molar-refractivity contribution in [2.75, 3.05) is 24.7 Å². The number of hydrogen-bond acceptors (Lipinski definition) is 7. The quantitative estimate of drug-likeness (QED) is 0.154. The second-order valence-electron chi connectivity index (χ2n) is 9.57. The number of hydrogen-bond donors (Lipinski definition) is 2. The van der Waals surface area contributed by atoms with E-state index in [1.165, 1.54) is 25.3 Å². The lowest BCUT2D eigenvalue weighted by atomic mass is 9.95. The van der Waals surface area contributed by atoms with E-state index in [1.54, 1.807) is 42.5 Å². The molecule has 1 saturated carbocycles. The molecule has 0 saturated heterocycles. The molecule has 0 aromatic heterocycles. The van der Waals surface area contributed by atoms with Crippen molar-refractivity contribution in [1.29, 1.82) is 0 Å². The van der Waals surface area contributed by atoms with Crippen molar-refractivity contribution in [3.05, 3.63) is 65.2 Å². The maximum absolute atomic E-state index is 12.6. The standard InChI is InChI=1S/C30H40N2O5/c1-2-3-4-5-19-35-26-13-15-27(16-14-26)37-30(34)24-9-6-22(7-10-24)8-17-29(33)36-20-18-23-11-12-25(31)21-28(23)32/h6-12,17,21,26-27H,2-5,13-16,18-20,31-32H2,1H3/b17-8+. The molecule has 37 heavy (non-hydrogen) atoms. The highest BCUT2D eigenvalue weighted by molar-refractivity contribution is 5.90. The molecule has 200 valence electrons. The predicted molar refractivity (Wildman–Crippen MR) is 147 cm³/mol. The summed E-state index contributed by atoms with van der Waals surface area (Å²) in [6, 6.07) is 12.3. The minimum absolute atomic E-state index is 0.0645. The highest BCUT2D eigenvalue weighted by Crippen LogP contribution is 2.25. The summed E-state index contributed by atoms with van der Waals surface area (Å²) in [4.78, 5) is 24.6. The maximum Gasteiger partial charge on any atom is 0.338 e. The molecule has 7 nitrogen and oxygen atoms in total. The van der Waals surface area contributed by atoms with Crippen molar-refractivity contribution < 1.29 is 23.8 Å². The van der Waals surface area contributed by atoms with Crippen LogP contribution in [-0.2, 0) is 25.4 Å². The van der Waals surface area contributed by atoms with Crippen LogP contribution in [0.5, 0.6) is 0 Å². The van der Waals surface area contributed by atoms with Gasteiger partial charge < -0.3 is 25.7 Å². The van der Waals surface area contributed by atoms with Crippen LogP contribution in [0.2, 0.25) is 0 Å². The number of benzene rings is 2. The SMILES string of the molecule is CCCCCCOC1CCC(OC(=O)c2ccc(/C=C/C(=O)OCCc3ccc(N)cc3N)cc2)CC1. The molecular weight excluding hydrogens is 468 g/mol. The Bertz CT molecular complexity index is 1030. The molecule has 4 N–H and O–H groups in total. The Balaban J connectivity index is 1.35. The van der Waals surface area contributed by atoms with Gasteiger partial charge in [0.25, 0.3) is 0 Å². The van der Waals surface area contributed by atoms with Crippen LogP contribution in [-0.4, -0.2) is 37.4 Å². The number of ether oxygens (including phenoxy) is 3. The summed E-state index contributed by atoms with van der Waals surface area (Å²) in [6.07, 6.45) is 12.1. The molecule has 0 heterocycles. The Kier molecular flexibility index (Phi) is 11.5. The van der Waals surface area contributed by atoms with Gasteiger partial charge in [-0.15, -0.1) is 0 Å². The number of nitrogen functional groups attached to an aromatic ring is 2. The second-order valence-corrected chi connectivity index (χ2v) is 9.57. The number of nitrogens with two attached hydrogens (primary N) is 2. The smallest absolute Gasteiger partial charge is 0.338 e. The van der Waals surface area contributed by atoms with Gasteiger partial charge in [0.2, 0.25) is 0 Å². The van der Waals surface area contributed by atoms with Crippen LogP contribution in [0, 0.1) is 0 Å². The lowest BCUT2D eigenvalue weighted by Crippen LogP contribution is -2.28. The number of rotatable bonds is 13. The zero-order chi connectivity index (χ0) is 26.5. The van der Waals surface area contributed by atoms with E-state index in [9.17, 15) is 9.59 Å². The Morgan fingerprint density at radius 2 is 1.65 bits per heavy atom. The Hall–Kier alpha value is -3.32. The number of carbonyl (C=O) groups is 2. The van der Waals surface area contributed by atoms with E-state index in [1.807, 2.05) is 6.07 Å². The van der Waals surface area contributed by atoms with E-state index in [2.05, 4.69) is 6.92 Å². The first-order valence-corrected chi connectivity index (χ1v) is 13.4. The molecule has 0 aliphatic heterocycles. The van der Waals surface area contributed by atoms with Gasteiger partial charge in [0.15, 0.2) is 0 Å².